The molecule has 0 saturated carbocycles. The number of phosphoric ester groups is 1. The number of nitrogens with zero attached hydrogens (tertiary/aromatic N) is 4. The number of anilines is 1. The van der Waals surface area contributed by atoms with E-state index in [0.717, 1.165) is 10.9 Å². The molecule has 34 heavy (non-hydrogen) atoms. The summed E-state index contributed by atoms with van der Waals surface area (Å²) in [4.78, 5) is 63.2. The van der Waals surface area contributed by atoms with Crippen molar-refractivity contribution in [2.24, 2.45) is 0 Å². The molecule has 1 fully saturated rings. The number of Topliss-reactive ketones (excluding diaryl/α,β-unsaturated/α-hetero) is 1. The van der Waals surface area contributed by atoms with E-state index in [0.29, 0.717) is 6.29 Å². The Morgan fingerprint density at radius 3 is 2.68 bits per heavy atom. The number of fused-ring (bicyclic) bond motifs is 1. The Bertz CT molecular complexity index is 1210. The summed E-state index contributed by atoms with van der Waals surface area (Å²) in [6.45, 7) is -0.942. The molecule has 6 N–H and O–H groups in total. The molecule has 0 aromatic carbocycles. The third-order valence-corrected chi connectivity index (χ3v) is 7.85. The van der Waals surface area contributed by atoms with Crippen LogP contribution in [-0.2, 0) is 38.0 Å². The molecule has 16 nitrogen and oxygen atoms in total. The number of ketones is 1. The van der Waals surface area contributed by atoms with E-state index in [4.69, 9.17) is 20.3 Å². The molecule has 1 unspecified atom stereocenters. The van der Waals surface area contributed by atoms with E-state index in [1.54, 1.807) is 0 Å². The van der Waals surface area contributed by atoms with Gasteiger partial charge in [-0.25, -0.2) is 24.1 Å². The van der Waals surface area contributed by atoms with Crippen molar-refractivity contribution < 1.29 is 52.1 Å². The maximum Gasteiger partial charge on any atom is 0.481 e. The summed E-state index contributed by atoms with van der Waals surface area (Å²) in [5, 5.41) is 9.35. The molecular weight excluding hydrogens is 588 g/mol. The second-order valence-corrected chi connectivity index (χ2v) is 11.0. The molecular formula is C14H18BrN5O11P2S. The second kappa shape index (κ2) is 9.99. The first-order chi connectivity index (χ1) is 15.7. The number of aliphatic hydroxyl groups is 1. The van der Waals surface area contributed by atoms with E-state index in [1.165, 1.54) is 0 Å². The fourth-order valence-corrected chi connectivity index (χ4v) is 5.81. The minimum Gasteiger partial charge on any atom is -0.389 e. The van der Waals surface area contributed by atoms with E-state index in [-0.39, 0.29) is 34.6 Å². The van der Waals surface area contributed by atoms with Gasteiger partial charge in [0.1, 0.15) is 17.9 Å². The van der Waals surface area contributed by atoms with Crippen LogP contribution in [-0.4, -0.2) is 75.4 Å². The van der Waals surface area contributed by atoms with E-state index in [9.17, 15) is 28.7 Å². The van der Waals surface area contributed by atoms with Crippen molar-refractivity contribution in [2.45, 2.75) is 36.0 Å². The van der Waals surface area contributed by atoms with Gasteiger partial charge in [-0.05, 0) is 15.9 Å². The van der Waals surface area contributed by atoms with Gasteiger partial charge in [0.05, 0.1) is 24.3 Å². The number of hydrogen-bond donors (Lipinski definition) is 6. The van der Waals surface area contributed by atoms with E-state index >= 15 is 0 Å². The van der Waals surface area contributed by atoms with Gasteiger partial charge in [-0.2, -0.15) is 16.9 Å². The van der Waals surface area contributed by atoms with Gasteiger partial charge in [0.15, 0.2) is 17.2 Å². The van der Waals surface area contributed by atoms with Crippen molar-refractivity contribution in [3.05, 3.63) is 11.1 Å². The van der Waals surface area contributed by atoms with Crippen molar-refractivity contribution in [3.63, 3.8) is 0 Å². The molecule has 0 aliphatic carbocycles. The molecule has 0 radical (unpaired) electrons. The maximum atomic E-state index is 13.3. The molecule has 2 aromatic rings. The molecule has 1 aliphatic heterocycles. The van der Waals surface area contributed by atoms with Gasteiger partial charge in [0, 0.05) is 12.8 Å². The normalized spacial score (nSPS) is 27.1. The fourth-order valence-electron chi connectivity index (χ4n) is 3.33. The highest BCUT2D eigenvalue weighted by atomic mass is 79.9. The lowest BCUT2D eigenvalue weighted by Gasteiger charge is -2.32. The lowest BCUT2D eigenvalue weighted by Crippen LogP contribution is -2.49. The number of thiol groups is 1. The van der Waals surface area contributed by atoms with Crippen molar-refractivity contribution in [1.82, 2.24) is 19.5 Å². The standard InChI is InChI=1S/C14H18BrN5O11P2S/c15-13-18-11(16)8-12(19-13)20(5-17-8)14(7(22)2-1-3-21)10(34)9(23)6(30-14)4-29-33(27,28)31-32(24,25)26/h3,5-6,9-10,23,34H,1-2,4H2,(H,27,28)(H2,16,18,19)(H2,24,25,26)/t6-,9-,10-,14-/m1/s1. The van der Waals surface area contributed by atoms with Crippen LogP contribution in [0.3, 0.4) is 0 Å². The number of nitrogen functional groups attached to an aromatic ring is 1. The summed E-state index contributed by atoms with van der Waals surface area (Å²) in [6.07, 6.45) is -2.06. The Balaban J connectivity index is 2.03. The SMILES string of the molecule is Nc1nc(Br)nc2c1ncn2[C@]1(C(=O)CCC=O)O[C@H](COP(=O)(O)OP(=O)(O)O)[C@@H](O)[C@H]1S. The van der Waals surface area contributed by atoms with Crippen LogP contribution in [0.25, 0.3) is 11.2 Å². The summed E-state index contributed by atoms with van der Waals surface area (Å²) >= 11 is 7.40. The van der Waals surface area contributed by atoms with Gasteiger partial charge in [0.25, 0.3) is 0 Å². The molecule has 3 rings (SSSR count). The van der Waals surface area contributed by atoms with Crippen LogP contribution < -0.4 is 5.73 Å². The number of halogens is 1. The lowest BCUT2D eigenvalue weighted by atomic mass is 9.97. The molecule has 5 atom stereocenters. The number of aldehydes is 1. The zero-order valence-electron chi connectivity index (χ0n) is 16.7. The first-order valence-corrected chi connectivity index (χ1v) is 13.5. The fraction of sp³-hybridized carbons (Fsp3) is 0.500. The van der Waals surface area contributed by atoms with Crippen molar-refractivity contribution in [3.8, 4) is 0 Å². The summed E-state index contributed by atoms with van der Waals surface area (Å²) in [6, 6.07) is 0. The first-order valence-electron chi connectivity index (χ1n) is 9.13. The van der Waals surface area contributed by atoms with Gasteiger partial charge in [0.2, 0.25) is 10.5 Å². The van der Waals surface area contributed by atoms with Crippen LogP contribution in [0.15, 0.2) is 11.1 Å². The summed E-state index contributed by atoms with van der Waals surface area (Å²) in [5.74, 6) is -0.775. The quantitative estimate of drug-likeness (QED) is 0.0876. The van der Waals surface area contributed by atoms with Gasteiger partial charge in [-0.3, -0.25) is 13.9 Å². The highest BCUT2D eigenvalue weighted by Crippen LogP contribution is 2.58. The third-order valence-electron chi connectivity index (χ3n) is 4.69. The Hall–Kier alpha value is -1.30. The van der Waals surface area contributed by atoms with Gasteiger partial charge < -0.3 is 35.1 Å². The first kappa shape index (κ1) is 27.3. The van der Waals surface area contributed by atoms with Gasteiger partial charge in [-0.1, -0.05) is 0 Å². The molecule has 0 spiro atoms. The van der Waals surface area contributed by atoms with E-state index in [1.807, 2.05) is 0 Å². The average molecular weight is 606 g/mol. The molecule has 188 valence electrons. The van der Waals surface area contributed by atoms with E-state index in [2.05, 4.69) is 52.3 Å². The predicted molar refractivity (Wildman–Crippen MR) is 118 cm³/mol. The van der Waals surface area contributed by atoms with Crippen LogP contribution in [0, 0.1) is 0 Å². The zero-order valence-corrected chi connectivity index (χ0v) is 21.0. The number of hydrogen-bond acceptors (Lipinski definition) is 13. The van der Waals surface area contributed by atoms with Gasteiger partial charge in [-0.15, -0.1) is 0 Å². The zero-order chi connectivity index (χ0) is 25.5. The molecule has 1 saturated heterocycles. The van der Waals surface area contributed by atoms with Crippen LogP contribution in [0.1, 0.15) is 12.8 Å². The Kier molecular flexibility index (Phi) is 8.01. The average Bonchev–Trinajstić information content (AvgIpc) is 3.24. The molecule has 0 amide bonds. The number of aliphatic hydroxyl groups excluding tert-OH is 1. The Morgan fingerprint density at radius 2 is 2.06 bits per heavy atom. The van der Waals surface area contributed by atoms with Crippen molar-refractivity contribution >= 4 is 73.3 Å². The number of ether oxygens (including phenoxy) is 1. The smallest absolute Gasteiger partial charge is 0.389 e. The minimum absolute atomic E-state index is 0.00399. The molecule has 0 bridgehead atoms. The number of carbonyl (C=O) groups excluding carboxylic acids is 2. The summed E-state index contributed by atoms with van der Waals surface area (Å²) in [7, 11) is -10.7. The number of imidazole rings is 1. The molecule has 3 heterocycles. The predicted octanol–water partition coefficient (Wildman–Crippen LogP) is -0.344. The summed E-state index contributed by atoms with van der Waals surface area (Å²) < 4.78 is 37.8. The number of rotatable bonds is 10. The van der Waals surface area contributed by atoms with Crippen LogP contribution in [0.2, 0.25) is 0 Å². The number of aromatic nitrogens is 4. The second-order valence-electron chi connectivity index (χ2n) is 6.92. The topological polar surface area (TPSA) is 247 Å². The van der Waals surface area contributed by atoms with Crippen LogP contribution >= 0.6 is 44.2 Å². The number of nitrogens with two attached hydrogens (primary N) is 1. The highest BCUT2D eigenvalue weighted by molar-refractivity contribution is 9.10. The number of carbonyl (C=O) groups is 2. The largest absolute Gasteiger partial charge is 0.481 e. The lowest BCUT2D eigenvalue weighted by molar-refractivity contribution is -0.159. The summed E-state index contributed by atoms with van der Waals surface area (Å²) in [5.41, 5.74) is 3.80. The molecule has 20 heteroatoms. The maximum absolute atomic E-state index is 13.3. The number of phosphoric acid groups is 2. The third kappa shape index (κ3) is 5.42. The highest BCUT2D eigenvalue weighted by Gasteiger charge is 2.59. The van der Waals surface area contributed by atoms with Crippen LogP contribution in [0.5, 0.6) is 0 Å². The monoisotopic (exact) mass is 605 g/mol. The Morgan fingerprint density at radius 1 is 1.38 bits per heavy atom. The molecule has 2 aromatic heterocycles. The minimum atomic E-state index is -5.39. The van der Waals surface area contributed by atoms with E-state index < -0.39 is 51.2 Å². The van der Waals surface area contributed by atoms with Crippen LogP contribution in [0.4, 0.5) is 5.82 Å². The Labute approximate surface area is 204 Å². The van der Waals surface area contributed by atoms with Crippen molar-refractivity contribution in [1.29, 1.82) is 0 Å². The van der Waals surface area contributed by atoms with Gasteiger partial charge >= 0.3 is 15.6 Å². The molecule has 1 aliphatic rings. The van der Waals surface area contributed by atoms with Crippen molar-refractivity contribution in [2.75, 3.05) is 12.3 Å².